The van der Waals surface area contributed by atoms with Crippen LogP contribution >= 0.6 is 0 Å². The van der Waals surface area contributed by atoms with Gasteiger partial charge in [0.2, 0.25) is 0 Å². The van der Waals surface area contributed by atoms with Crippen LogP contribution in [0.5, 0.6) is 0 Å². The minimum atomic E-state index is -4.42. The first-order valence-corrected chi connectivity index (χ1v) is 13.7. The first-order chi connectivity index (χ1) is 12.0. The molecule has 0 aliphatic heterocycles. The summed E-state index contributed by atoms with van der Waals surface area (Å²) in [5.41, 5.74) is 0.659. The standard InChI is InChI=1S/C18H30O3S.H2O.O.Zr/c1-2-3-4-5-6-7-8-9-10-11-14-17-15-12-13-16-18(17)22(19,20)21;;;/h12-13,15-16H,2-11,14H2,1H3,(H,19,20,21);1H2;;/q;;;+2/p-2. The van der Waals surface area contributed by atoms with E-state index in [1.54, 1.807) is 18.2 Å². The Hall–Kier alpha value is -0.227. The zero-order valence-electron chi connectivity index (χ0n) is 15.1. The van der Waals surface area contributed by atoms with Gasteiger partial charge < -0.3 is 0 Å². The number of unbranched alkanes of at least 4 members (excludes halogenated alkanes) is 9. The molecule has 0 bridgehead atoms. The summed E-state index contributed by atoms with van der Waals surface area (Å²) < 4.78 is 48.0. The van der Waals surface area contributed by atoms with Gasteiger partial charge in [0.15, 0.2) is 0 Å². The molecule has 0 heterocycles. The molecule has 0 fully saturated rings. The van der Waals surface area contributed by atoms with Gasteiger partial charge in [-0.25, -0.2) is 0 Å². The van der Waals surface area contributed by atoms with Crippen LogP contribution in [-0.4, -0.2) is 11.6 Å². The Morgan fingerprint density at radius 2 is 1.44 bits per heavy atom. The van der Waals surface area contributed by atoms with E-state index in [1.807, 2.05) is 0 Å². The van der Waals surface area contributed by atoms with E-state index in [9.17, 15) is 11.2 Å². The second kappa shape index (κ2) is 13.0. The average molecular weight is 450 g/mol. The molecule has 0 radical (unpaired) electrons. The Morgan fingerprint density at radius 1 is 0.920 bits per heavy atom. The van der Waals surface area contributed by atoms with Crippen molar-refractivity contribution >= 4 is 10.1 Å². The third-order valence-corrected chi connectivity index (χ3v) is 8.19. The van der Waals surface area contributed by atoms with Crippen molar-refractivity contribution in [3.63, 3.8) is 0 Å². The summed E-state index contributed by atoms with van der Waals surface area (Å²) in [5.74, 6) is 0. The molecule has 1 aromatic rings. The van der Waals surface area contributed by atoms with Gasteiger partial charge in [-0.05, 0) is 0 Å². The van der Waals surface area contributed by atoms with E-state index in [2.05, 4.69) is 9.18 Å². The van der Waals surface area contributed by atoms with E-state index in [-0.39, 0.29) is 4.90 Å². The van der Waals surface area contributed by atoms with Crippen LogP contribution < -0.4 is 0 Å². The molecule has 25 heavy (non-hydrogen) atoms. The molecule has 5 nitrogen and oxygen atoms in total. The molecule has 0 unspecified atom stereocenters. The number of hydrogen-bond acceptors (Lipinski definition) is 4. The van der Waals surface area contributed by atoms with E-state index in [4.69, 9.17) is 3.18 Å². The third-order valence-electron chi connectivity index (χ3n) is 4.22. The van der Waals surface area contributed by atoms with Gasteiger partial charge in [-0.15, -0.1) is 0 Å². The molecule has 0 saturated heterocycles. The van der Waals surface area contributed by atoms with Gasteiger partial charge in [-0.3, -0.25) is 0 Å². The summed E-state index contributed by atoms with van der Waals surface area (Å²) in [7, 11) is -4.13. The summed E-state index contributed by atoms with van der Waals surface area (Å²) in [5, 5.41) is 0. The van der Waals surface area contributed by atoms with Crippen molar-refractivity contribution in [1.82, 2.24) is 0 Å². The molecule has 0 atom stereocenters. The number of aryl methyl sites for hydroxylation is 1. The molecule has 0 amide bonds. The Labute approximate surface area is 161 Å². The van der Waals surface area contributed by atoms with Crippen LogP contribution in [0.25, 0.3) is 0 Å². The fourth-order valence-electron chi connectivity index (χ4n) is 2.90. The van der Waals surface area contributed by atoms with Gasteiger partial charge in [0.05, 0.1) is 0 Å². The normalized spacial score (nSPS) is 11.6. The first kappa shape index (κ1) is 22.8. The van der Waals surface area contributed by atoms with Crippen molar-refractivity contribution in [3.05, 3.63) is 29.8 Å². The van der Waals surface area contributed by atoms with Crippen molar-refractivity contribution < 1.29 is 39.3 Å². The zero-order valence-corrected chi connectivity index (χ0v) is 18.4. The fourth-order valence-corrected chi connectivity index (χ4v) is 5.96. The van der Waals surface area contributed by atoms with Crippen molar-refractivity contribution in [3.8, 4) is 0 Å². The van der Waals surface area contributed by atoms with Gasteiger partial charge in [0, 0.05) is 0 Å². The van der Waals surface area contributed by atoms with Crippen LogP contribution in [0.15, 0.2) is 29.2 Å². The summed E-state index contributed by atoms with van der Waals surface area (Å²) in [6.45, 7) is 2.22. The number of rotatable bonds is 14. The molecular weight excluding hydrogens is 419 g/mol. The second-order valence-electron chi connectivity index (χ2n) is 6.34. The van der Waals surface area contributed by atoms with E-state index in [0.717, 1.165) is 19.3 Å². The van der Waals surface area contributed by atoms with Crippen LogP contribution in [-0.2, 0) is 44.2 Å². The Morgan fingerprint density at radius 3 is 2.00 bits per heavy atom. The number of hydrogen-bond donors (Lipinski definition) is 1. The Balaban J connectivity index is 2.33. The van der Waals surface area contributed by atoms with E-state index in [0.29, 0.717) is 12.0 Å². The number of benzene rings is 1. The van der Waals surface area contributed by atoms with Gasteiger partial charge in [-0.1, -0.05) is 26.2 Å². The van der Waals surface area contributed by atoms with E-state index >= 15 is 0 Å². The topological polar surface area (TPSA) is 80.7 Å². The van der Waals surface area contributed by atoms with Gasteiger partial charge in [0.25, 0.3) is 0 Å². The van der Waals surface area contributed by atoms with Crippen molar-refractivity contribution in [2.45, 2.75) is 82.4 Å². The van der Waals surface area contributed by atoms with Gasteiger partial charge in [0.1, 0.15) is 0 Å². The molecule has 0 aliphatic carbocycles. The second-order valence-corrected chi connectivity index (χ2v) is 10.4. The summed E-state index contributed by atoms with van der Waals surface area (Å²) in [4.78, 5) is 0.0222. The van der Waals surface area contributed by atoms with Gasteiger partial charge >= 0.3 is 136 Å². The van der Waals surface area contributed by atoms with Crippen LogP contribution in [0.3, 0.4) is 0 Å². The minimum absolute atomic E-state index is 0.0222. The summed E-state index contributed by atoms with van der Waals surface area (Å²) >= 11 is -4.42. The summed E-state index contributed by atoms with van der Waals surface area (Å²) in [6.07, 6.45) is 12.9. The molecule has 1 N–H and O–H groups in total. The molecule has 142 valence electrons. The molecule has 1 aromatic carbocycles. The van der Waals surface area contributed by atoms with E-state index < -0.39 is 32.8 Å². The van der Waals surface area contributed by atoms with Gasteiger partial charge in [-0.2, -0.15) is 0 Å². The third kappa shape index (κ3) is 9.88. The maximum absolute atomic E-state index is 12.0. The van der Waals surface area contributed by atoms with E-state index in [1.165, 1.54) is 51.0 Å². The van der Waals surface area contributed by atoms with Crippen molar-refractivity contribution in [1.29, 1.82) is 0 Å². The van der Waals surface area contributed by atoms with Crippen LogP contribution in [0.4, 0.5) is 0 Å². The van der Waals surface area contributed by atoms with Crippen molar-refractivity contribution in [2.75, 3.05) is 0 Å². The Kier molecular flexibility index (Phi) is 11.9. The van der Waals surface area contributed by atoms with Crippen LogP contribution in [0.2, 0.25) is 0 Å². The predicted molar refractivity (Wildman–Crippen MR) is 93.2 cm³/mol. The molecule has 0 saturated carbocycles. The first-order valence-electron chi connectivity index (χ1n) is 9.22. The molecule has 0 spiro atoms. The molecule has 1 rings (SSSR count). The molecule has 0 aromatic heterocycles. The van der Waals surface area contributed by atoms with Crippen LogP contribution in [0, 0.1) is 0 Å². The van der Waals surface area contributed by atoms with Crippen molar-refractivity contribution in [2.24, 2.45) is 0 Å². The predicted octanol–water partition coefficient (Wildman–Crippen LogP) is 4.64. The van der Waals surface area contributed by atoms with Crippen LogP contribution in [0.1, 0.15) is 76.7 Å². The Bertz CT molecular complexity index is 616. The fraction of sp³-hybridized carbons (Fsp3) is 0.667. The summed E-state index contributed by atoms with van der Waals surface area (Å²) in [6, 6.07) is 6.56. The zero-order chi connectivity index (χ0) is 18.5. The molecular formula is C18H30O5SZr. The maximum atomic E-state index is 12.0. The average Bonchev–Trinajstić information content (AvgIpc) is 2.56. The quantitative estimate of drug-likeness (QED) is 0.418. The molecule has 0 aliphatic rings. The monoisotopic (exact) mass is 448 g/mol. The SMILES string of the molecule is CCCCCCCCCCCCc1ccccc1S(=O)(=O)[O][Zr](=[O])[OH]. The molecule has 7 heteroatoms.